The molecule has 3 saturated carbocycles. The Bertz CT molecular complexity index is 1320. The molecule has 0 saturated heterocycles. The minimum Gasteiger partial charge on any atom is -0.481 e. The fourth-order valence-electron chi connectivity index (χ4n) is 5.66. The summed E-state index contributed by atoms with van der Waals surface area (Å²) in [5.41, 5.74) is 0.561. The van der Waals surface area contributed by atoms with Crippen molar-refractivity contribution in [3.63, 3.8) is 0 Å². The quantitative estimate of drug-likeness (QED) is 0.520. The predicted molar refractivity (Wildman–Crippen MR) is 130 cm³/mol. The third-order valence-electron chi connectivity index (χ3n) is 7.70. The van der Waals surface area contributed by atoms with Gasteiger partial charge in [0.25, 0.3) is 11.5 Å². The van der Waals surface area contributed by atoms with Gasteiger partial charge in [-0.2, -0.15) is 0 Å². The van der Waals surface area contributed by atoms with Crippen molar-refractivity contribution in [2.45, 2.75) is 51.0 Å². The van der Waals surface area contributed by atoms with Crippen LogP contribution in [0.2, 0.25) is 0 Å². The molecule has 0 unspecified atom stereocenters. The van der Waals surface area contributed by atoms with Gasteiger partial charge < -0.3 is 10.4 Å². The van der Waals surface area contributed by atoms with E-state index in [2.05, 4.69) is 21.2 Å². The molecule has 2 bridgehead atoms. The zero-order valence-corrected chi connectivity index (χ0v) is 19.9. The van der Waals surface area contributed by atoms with Crippen molar-refractivity contribution in [1.82, 2.24) is 9.88 Å². The first-order valence-corrected chi connectivity index (χ1v) is 12.0. The molecule has 6 nitrogen and oxygen atoms in total. The molecule has 3 aliphatic rings. The van der Waals surface area contributed by atoms with Gasteiger partial charge in [-0.3, -0.25) is 19.0 Å². The van der Waals surface area contributed by atoms with Crippen molar-refractivity contribution in [2.24, 2.45) is 5.41 Å². The Kier molecular flexibility index (Phi) is 5.20. The van der Waals surface area contributed by atoms with Crippen LogP contribution in [-0.2, 0) is 4.79 Å². The normalized spacial score (nSPS) is 24.1. The van der Waals surface area contributed by atoms with E-state index in [1.54, 1.807) is 17.6 Å². The maximum Gasteiger partial charge on any atom is 0.309 e. The topological polar surface area (TPSA) is 88.4 Å². The first-order valence-electron chi connectivity index (χ1n) is 11.2. The summed E-state index contributed by atoms with van der Waals surface area (Å²) in [6.45, 7) is 1.80. The summed E-state index contributed by atoms with van der Waals surface area (Å²) < 4.78 is 2.39. The highest BCUT2D eigenvalue weighted by Gasteiger charge is 2.53. The van der Waals surface area contributed by atoms with Crippen molar-refractivity contribution >= 4 is 38.6 Å². The van der Waals surface area contributed by atoms with Crippen LogP contribution in [0.5, 0.6) is 0 Å². The fraction of sp³-hybridized carbons (Fsp3) is 0.346. The van der Waals surface area contributed by atoms with Crippen LogP contribution in [-0.4, -0.2) is 27.1 Å². The molecule has 170 valence electrons. The largest absolute Gasteiger partial charge is 0.481 e. The van der Waals surface area contributed by atoms with Gasteiger partial charge in [0, 0.05) is 32.2 Å². The van der Waals surface area contributed by atoms with Crippen LogP contribution < -0.4 is 10.9 Å². The van der Waals surface area contributed by atoms with Gasteiger partial charge in [0.15, 0.2) is 0 Å². The van der Waals surface area contributed by atoms with E-state index in [1.807, 2.05) is 42.5 Å². The molecule has 1 heterocycles. The smallest absolute Gasteiger partial charge is 0.309 e. The molecule has 0 spiro atoms. The second kappa shape index (κ2) is 7.83. The van der Waals surface area contributed by atoms with Gasteiger partial charge in [0.1, 0.15) is 0 Å². The fourth-order valence-corrected chi connectivity index (χ4v) is 6.02. The maximum absolute atomic E-state index is 13.8. The number of carbonyl (C=O) groups excluding carboxylic acids is 1. The number of rotatable bonds is 4. The SMILES string of the molecule is Cc1c(C(=O)NC23CCC(C(=O)O)(CC2)CC3)c2cc(Br)ccc2c(=O)n1-c1ccccc1. The van der Waals surface area contributed by atoms with Crippen molar-refractivity contribution in [3.8, 4) is 5.69 Å². The summed E-state index contributed by atoms with van der Waals surface area (Å²) >= 11 is 3.48. The molecule has 0 aliphatic heterocycles. The molecule has 7 heteroatoms. The lowest BCUT2D eigenvalue weighted by Crippen LogP contribution is -2.58. The number of halogens is 1. The number of carbonyl (C=O) groups is 2. The summed E-state index contributed by atoms with van der Waals surface area (Å²) in [7, 11) is 0. The van der Waals surface area contributed by atoms with E-state index in [4.69, 9.17) is 0 Å². The summed E-state index contributed by atoms with van der Waals surface area (Å²) in [5, 5.41) is 14.0. The number of hydrogen-bond acceptors (Lipinski definition) is 3. The van der Waals surface area contributed by atoms with Crippen molar-refractivity contribution in [3.05, 3.63) is 74.6 Å². The van der Waals surface area contributed by atoms with E-state index in [1.165, 1.54) is 0 Å². The number of carboxylic acids is 1. The maximum atomic E-state index is 13.8. The monoisotopic (exact) mass is 508 g/mol. The molecule has 6 rings (SSSR count). The Morgan fingerprint density at radius 3 is 2.21 bits per heavy atom. The Balaban J connectivity index is 1.61. The second-order valence-electron chi connectivity index (χ2n) is 9.45. The van der Waals surface area contributed by atoms with Gasteiger partial charge in [-0.25, -0.2) is 0 Å². The van der Waals surface area contributed by atoms with E-state index in [0.29, 0.717) is 66.2 Å². The van der Waals surface area contributed by atoms with Crippen LogP contribution >= 0.6 is 15.9 Å². The first kappa shape index (κ1) is 21.9. The molecular formula is C26H25BrN2O4. The number of aliphatic carboxylic acids is 1. The molecular weight excluding hydrogens is 484 g/mol. The zero-order chi connectivity index (χ0) is 23.4. The third-order valence-corrected chi connectivity index (χ3v) is 8.20. The summed E-state index contributed by atoms with van der Waals surface area (Å²) in [6, 6.07) is 14.7. The van der Waals surface area contributed by atoms with Gasteiger partial charge in [-0.1, -0.05) is 34.1 Å². The number of pyridine rings is 1. The molecule has 3 aromatic rings. The minimum atomic E-state index is -0.719. The molecule has 3 fully saturated rings. The van der Waals surface area contributed by atoms with Crippen LogP contribution in [0.15, 0.2) is 57.8 Å². The lowest BCUT2D eigenvalue weighted by Gasteiger charge is -2.51. The van der Waals surface area contributed by atoms with E-state index >= 15 is 0 Å². The molecule has 0 radical (unpaired) electrons. The summed E-state index contributed by atoms with van der Waals surface area (Å²) in [5.74, 6) is -0.936. The van der Waals surface area contributed by atoms with Crippen LogP contribution in [0.1, 0.15) is 54.6 Å². The van der Waals surface area contributed by atoms with E-state index < -0.39 is 16.9 Å². The molecule has 1 aromatic heterocycles. The van der Waals surface area contributed by atoms with E-state index in [0.717, 1.165) is 4.47 Å². The van der Waals surface area contributed by atoms with E-state index in [-0.39, 0.29) is 11.5 Å². The number of aromatic nitrogens is 1. The third kappa shape index (κ3) is 3.50. The molecule has 2 N–H and O–H groups in total. The predicted octanol–water partition coefficient (Wildman–Crippen LogP) is 4.97. The van der Waals surface area contributed by atoms with Crippen molar-refractivity contribution in [1.29, 1.82) is 0 Å². The van der Waals surface area contributed by atoms with Crippen LogP contribution in [0, 0.1) is 12.3 Å². The van der Waals surface area contributed by atoms with Crippen LogP contribution in [0.4, 0.5) is 0 Å². The summed E-state index contributed by atoms with van der Waals surface area (Å²) in [6.07, 6.45) is 3.71. The Morgan fingerprint density at radius 2 is 1.61 bits per heavy atom. The standard InChI is InChI=1S/C26H25BrN2O4/c1-16-21(22(30)28-26-12-9-25(10-13-26,11-14-26)24(32)33)20-15-17(27)7-8-19(20)23(31)29(16)18-5-3-2-4-6-18/h2-8,15H,9-14H2,1H3,(H,28,30)(H,32,33). The van der Waals surface area contributed by atoms with Crippen molar-refractivity contribution < 1.29 is 14.7 Å². The van der Waals surface area contributed by atoms with E-state index in [9.17, 15) is 19.5 Å². The number of benzene rings is 2. The van der Waals surface area contributed by atoms with Crippen LogP contribution in [0.3, 0.4) is 0 Å². The molecule has 2 aromatic carbocycles. The highest BCUT2D eigenvalue weighted by atomic mass is 79.9. The van der Waals surface area contributed by atoms with Gasteiger partial charge in [-0.05, 0) is 75.8 Å². The molecule has 3 aliphatic carbocycles. The molecule has 33 heavy (non-hydrogen) atoms. The van der Waals surface area contributed by atoms with Gasteiger partial charge >= 0.3 is 5.97 Å². The average molecular weight is 509 g/mol. The second-order valence-corrected chi connectivity index (χ2v) is 10.4. The molecule has 1 amide bonds. The highest BCUT2D eigenvalue weighted by Crippen LogP contribution is 2.52. The lowest BCUT2D eigenvalue weighted by atomic mass is 9.57. The van der Waals surface area contributed by atoms with Crippen LogP contribution in [0.25, 0.3) is 16.5 Å². The number of amides is 1. The zero-order valence-electron chi connectivity index (χ0n) is 18.4. The average Bonchev–Trinajstić information content (AvgIpc) is 2.80. The first-order chi connectivity index (χ1) is 15.8. The Labute approximate surface area is 199 Å². The Hall–Kier alpha value is -2.93. The number of carboxylic acid groups (broad SMARTS) is 1. The summed E-state index contributed by atoms with van der Waals surface area (Å²) in [4.78, 5) is 39.0. The molecule has 0 atom stereocenters. The minimum absolute atomic E-state index is 0.169. The number of nitrogens with zero attached hydrogens (tertiary/aromatic N) is 1. The van der Waals surface area contributed by atoms with Gasteiger partial charge in [-0.15, -0.1) is 0 Å². The lowest BCUT2D eigenvalue weighted by molar-refractivity contribution is -0.156. The number of nitrogens with one attached hydrogen (secondary N) is 1. The van der Waals surface area contributed by atoms with Gasteiger partial charge in [0.2, 0.25) is 0 Å². The highest BCUT2D eigenvalue weighted by molar-refractivity contribution is 9.10. The number of hydrogen-bond donors (Lipinski definition) is 2. The van der Waals surface area contributed by atoms with Crippen molar-refractivity contribution in [2.75, 3.05) is 0 Å². The number of fused-ring (bicyclic) bond motifs is 4. The number of para-hydroxylation sites is 1. The van der Waals surface area contributed by atoms with Gasteiger partial charge in [0.05, 0.1) is 11.0 Å². The Morgan fingerprint density at radius 1 is 0.970 bits per heavy atom.